The first-order valence-corrected chi connectivity index (χ1v) is 9.51. The number of carbonyl (C=O) groups excluding carboxylic acids is 1. The van der Waals surface area contributed by atoms with Crippen molar-refractivity contribution in [2.24, 2.45) is 17.8 Å². The summed E-state index contributed by atoms with van der Waals surface area (Å²) >= 11 is 0. The average molecular weight is 326 g/mol. The van der Waals surface area contributed by atoms with Crippen LogP contribution in [0.5, 0.6) is 0 Å². The van der Waals surface area contributed by atoms with Gasteiger partial charge in [0.05, 0.1) is 23.7 Å². The Morgan fingerprint density at radius 2 is 1.78 bits per heavy atom. The van der Waals surface area contributed by atoms with Gasteiger partial charge in [-0.25, -0.2) is 0 Å². The smallest absolute Gasteiger partial charge is 0.228 e. The van der Waals surface area contributed by atoms with Crippen molar-refractivity contribution in [2.45, 2.75) is 98.8 Å². The van der Waals surface area contributed by atoms with E-state index >= 15 is 0 Å². The molecule has 3 heteroatoms. The Bertz CT molecular complexity index is 406. The maximum Gasteiger partial charge on any atom is 0.228 e. The second kappa shape index (κ2) is 7.55. The lowest BCUT2D eigenvalue weighted by atomic mass is 9.65. The zero-order valence-corrected chi connectivity index (χ0v) is 16.9. The molecule has 0 radical (unpaired) electrons. The molecule has 136 valence electrons. The third-order valence-electron chi connectivity index (χ3n) is 6.37. The maximum atomic E-state index is 13.1. The molecule has 1 saturated heterocycles. The van der Waals surface area contributed by atoms with E-state index in [1.807, 2.05) is 6.92 Å². The summed E-state index contributed by atoms with van der Waals surface area (Å²) in [6.07, 6.45) is 3.51. The van der Waals surface area contributed by atoms with Crippen molar-refractivity contribution in [3.05, 3.63) is 0 Å². The first kappa shape index (κ1) is 20.5. The van der Waals surface area contributed by atoms with Crippen molar-refractivity contribution in [1.82, 2.24) is 4.90 Å². The first-order chi connectivity index (χ1) is 10.5. The molecule has 0 N–H and O–H groups in total. The lowest BCUT2D eigenvalue weighted by Gasteiger charge is -2.57. The third kappa shape index (κ3) is 3.45. The van der Waals surface area contributed by atoms with Crippen molar-refractivity contribution >= 4 is 5.91 Å². The van der Waals surface area contributed by atoms with Crippen LogP contribution < -0.4 is 0 Å². The molecule has 0 aromatic heterocycles. The van der Waals surface area contributed by atoms with Crippen molar-refractivity contribution in [3.8, 4) is 0 Å². The fourth-order valence-corrected chi connectivity index (χ4v) is 4.28. The van der Waals surface area contributed by atoms with E-state index in [1.54, 1.807) is 0 Å². The van der Waals surface area contributed by atoms with Crippen molar-refractivity contribution in [3.63, 3.8) is 0 Å². The quantitative estimate of drug-likeness (QED) is 0.696. The summed E-state index contributed by atoms with van der Waals surface area (Å²) in [6, 6.07) is 0.179. The van der Waals surface area contributed by atoms with Crippen LogP contribution in [-0.4, -0.2) is 34.6 Å². The molecule has 1 aliphatic heterocycles. The van der Waals surface area contributed by atoms with E-state index in [9.17, 15) is 4.79 Å². The van der Waals surface area contributed by atoms with Crippen LogP contribution in [0.25, 0.3) is 0 Å². The van der Waals surface area contributed by atoms with Crippen LogP contribution >= 0.6 is 0 Å². The van der Waals surface area contributed by atoms with Crippen LogP contribution in [0.1, 0.15) is 81.6 Å². The molecule has 1 fully saturated rings. The molecule has 0 aromatic rings. The Morgan fingerprint density at radius 1 is 1.22 bits per heavy atom. The fraction of sp³-hybridized carbons (Fsp3) is 0.950. The molecule has 23 heavy (non-hydrogen) atoms. The molecule has 0 saturated carbocycles. The predicted molar refractivity (Wildman–Crippen MR) is 97.4 cm³/mol. The van der Waals surface area contributed by atoms with E-state index in [4.69, 9.17) is 4.74 Å². The van der Waals surface area contributed by atoms with Crippen LogP contribution in [0.15, 0.2) is 0 Å². The second-order valence-corrected chi connectivity index (χ2v) is 8.47. The topological polar surface area (TPSA) is 29.5 Å². The third-order valence-corrected chi connectivity index (χ3v) is 6.37. The summed E-state index contributed by atoms with van der Waals surface area (Å²) in [5.74, 6) is 0.910. The summed E-state index contributed by atoms with van der Waals surface area (Å²) in [6.45, 7) is 20.3. The molecule has 3 nitrogen and oxygen atoms in total. The highest BCUT2D eigenvalue weighted by molar-refractivity contribution is 5.80. The van der Waals surface area contributed by atoms with Gasteiger partial charge < -0.3 is 9.64 Å². The van der Waals surface area contributed by atoms with E-state index in [-0.39, 0.29) is 29.0 Å². The number of hydrogen-bond donors (Lipinski definition) is 0. The standard InChI is InChI=1S/C20H39NO2/c1-10-11-12-17(7)19(8)20(9,14(2)3)23-13-16(6)18(22)21(19)15(4)5/h14-17H,10-13H2,1-9H3. The lowest BCUT2D eigenvalue weighted by molar-refractivity contribution is -0.177. The van der Waals surface area contributed by atoms with Crippen molar-refractivity contribution in [2.75, 3.05) is 6.61 Å². The van der Waals surface area contributed by atoms with Gasteiger partial charge in [-0.2, -0.15) is 0 Å². The first-order valence-electron chi connectivity index (χ1n) is 9.51. The predicted octanol–water partition coefficient (Wildman–Crippen LogP) is 4.89. The molecule has 4 atom stereocenters. The average Bonchev–Trinajstić information content (AvgIpc) is 2.55. The number of unbranched alkanes of at least 4 members (excludes halogenated alkanes) is 1. The van der Waals surface area contributed by atoms with E-state index < -0.39 is 0 Å². The molecule has 1 rings (SSSR count). The molecule has 1 heterocycles. The molecule has 0 spiro atoms. The maximum absolute atomic E-state index is 13.1. The molecule has 0 aliphatic carbocycles. The van der Waals surface area contributed by atoms with E-state index in [0.29, 0.717) is 18.4 Å². The van der Waals surface area contributed by atoms with Crippen molar-refractivity contribution in [1.29, 1.82) is 0 Å². The van der Waals surface area contributed by atoms with Crippen LogP contribution in [0.4, 0.5) is 0 Å². The molecular formula is C20H39NO2. The number of amides is 1. The van der Waals surface area contributed by atoms with Crippen LogP contribution in [0, 0.1) is 17.8 Å². The van der Waals surface area contributed by atoms with Gasteiger partial charge in [0.2, 0.25) is 5.91 Å². The number of carbonyl (C=O) groups is 1. The number of ether oxygens (including phenoxy) is 1. The van der Waals surface area contributed by atoms with E-state index in [0.717, 1.165) is 6.42 Å². The van der Waals surface area contributed by atoms with Gasteiger partial charge in [-0.3, -0.25) is 4.79 Å². The monoisotopic (exact) mass is 325 g/mol. The highest BCUT2D eigenvalue weighted by Gasteiger charge is 2.58. The molecular weight excluding hydrogens is 286 g/mol. The van der Waals surface area contributed by atoms with Gasteiger partial charge in [-0.1, -0.05) is 47.5 Å². The molecule has 1 aliphatic rings. The number of rotatable bonds is 6. The SMILES string of the molecule is CCCCC(C)C1(C)N(C(C)C)C(=O)C(C)COC1(C)C(C)C. The summed E-state index contributed by atoms with van der Waals surface area (Å²) < 4.78 is 6.47. The highest BCUT2D eigenvalue weighted by Crippen LogP contribution is 2.47. The summed E-state index contributed by atoms with van der Waals surface area (Å²) in [7, 11) is 0. The lowest BCUT2D eigenvalue weighted by Crippen LogP contribution is -2.69. The largest absolute Gasteiger partial charge is 0.372 e. The summed E-state index contributed by atoms with van der Waals surface area (Å²) in [4.78, 5) is 15.3. The molecule has 1 amide bonds. The Balaban J connectivity index is 3.48. The Labute approximate surface area is 144 Å². The Kier molecular flexibility index (Phi) is 6.72. The second-order valence-electron chi connectivity index (χ2n) is 8.47. The Hall–Kier alpha value is -0.570. The summed E-state index contributed by atoms with van der Waals surface area (Å²) in [5.41, 5.74) is -0.642. The van der Waals surface area contributed by atoms with Gasteiger partial charge in [0.25, 0.3) is 0 Å². The molecule has 0 aromatic carbocycles. The molecule has 4 unspecified atom stereocenters. The Morgan fingerprint density at radius 3 is 2.22 bits per heavy atom. The fourth-order valence-electron chi connectivity index (χ4n) is 4.28. The summed E-state index contributed by atoms with van der Waals surface area (Å²) in [5, 5.41) is 0. The van der Waals surface area contributed by atoms with Gasteiger partial charge in [0, 0.05) is 6.04 Å². The van der Waals surface area contributed by atoms with Gasteiger partial charge in [-0.05, 0) is 46.0 Å². The van der Waals surface area contributed by atoms with E-state index in [1.165, 1.54) is 12.8 Å². The molecule has 0 bridgehead atoms. The zero-order valence-electron chi connectivity index (χ0n) is 16.9. The number of nitrogens with zero attached hydrogens (tertiary/aromatic N) is 1. The van der Waals surface area contributed by atoms with Crippen LogP contribution in [0.2, 0.25) is 0 Å². The minimum absolute atomic E-state index is 0.0734. The van der Waals surface area contributed by atoms with E-state index in [2.05, 4.69) is 60.3 Å². The highest BCUT2D eigenvalue weighted by atomic mass is 16.5. The van der Waals surface area contributed by atoms with Gasteiger partial charge in [0.1, 0.15) is 0 Å². The zero-order chi connectivity index (χ0) is 18.0. The number of hydrogen-bond acceptors (Lipinski definition) is 2. The van der Waals surface area contributed by atoms with Gasteiger partial charge in [0.15, 0.2) is 0 Å². The van der Waals surface area contributed by atoms with Gasteiger partial charge >= 0.3 is 0 Å². The minimum Gasteiger partial charge on any atom is -0.372 e. The van der Waals surface area contributed by atoms with Gasteiger partial charge in [-0.15, -0.1) is 0 Å². The van der Waals surface area contributed by atoms with Crippen molar-refractivity contribution < 1.29 is 9.53 Å². The normalized spacial score (nSPS) is 34.1. The van der Waals surface area contributed by atoms with Crippen LogP contribution in [-0.2, 0) is 9.53 Å². The minimum atomic E-state index is -0.342. The van der Waals surface area contributed by atoms with Crippen LogP contribution in [0.3, 0.4) is 0 Å².